The van der Waals surface area contributed by atoms with Crippen LogP contribution in [0.4, 0.5) is 0 Å². The summed E-state index contributed by atoms with van der Waals surface area (Å²) in [6.07, 6.45) is 0. The molecule has 0 bridgehead atoms. The summed E-state index contributed by atoms with van der Waals surface area (Å²) in [7, 11) is 0. The van der Waals surface area contributed by atoms with E-state index < -0.39 is 0 Å². The van der Waals surface area contributed by atoms with Crippen molar-refractivity contribution in [3.63, 3.8) is 0 Å². The third-order valence-electron chi connectivity index (χ3n) is 2.97. The average molecular weight is 329 g/mol. The molecule has 2 aromatic carbocycles. The van der Waals surface area contributed by atoms with Gasteiger partial charge in [-0.15, -0.1) is 0 Å². The summed E-state index contributed by atoms with van der Waals surface area (Å²) in [5, 5.41) is 5.28. The largest absolute Gasteiger partial charge is 0.310 e. The highest BCUT2D eigenvalue weighted by atomic mass is 35.5. The van der Waals surface area contributed by atoms with Gasteiger partial charge in [0.05, 0.1) is 0 Å². The minimum atomic E-state index is 0.444. The van der Waals surface area contributed by atoms with Gasteiger partial charge in [0.1, 0.15) is 0 Å². The lowest BCUT2D eigenvalue weighted by Gasteiger charge is -2.11. The van der Waals surface area contributed by atoms with Crippen LogP contribution in [0.5, 0.6) is 0 Å². The average Bonchev–Trinajstić information content (AvgIpc) is 2.37. The van der Waals surface area contributed by atoms with Crippen LogP contribution in [0.1, 0.15) is 19.4 Å². The lowest BCUT2D eigenvalue weighted by molar-refractivity contribution is 0.589. The Morgan fingerprint density at radius 3 is 2.05 bits per heavy atom. The Balaban J connectivity index is 2.29. The first-order valence-electron chi connectivity index (χ1n) is 6.44. The summed E-state index contributed by atoms with van der Waals surface area (Å²) in [4.78, 5) is 0. The van der Waals surface area contributed by atoms with E-state index in [0.717, 1.165) is 23.2 Å². The molecule has 0 aliphatic rings. The number of nitrogens with one attached hydrogen (secondary N) is 1. The van der Waals surface area contributed by atoms with Crippen LogP contribution in [0.3, 0.4) is 0 Å². The summed E-state index contributed by atoms with van der Waals surface area (Å²) in [6, 6.07) is 11.9. The zero-order chi connectivity index (χ0) is 14.7. The number of benzene rings is 2. The van der Waals surface area contributed by atoms with Gasteiger partial charge in [0.15, 0.2) is 0 Å². The molecular formula is C16H16Cl3N. The molecule has 0 unspecified atom stereocenters. The maximum absolute atomic E-state index is 6.37. The second kappa shape index (κ2) is 6.82. The van der Waals surface area contributed by atoms with E-state index in [2.05, 4.69) is 25.2 Å². The summed E-state index contributed by atoms with van der Waals surface area (Å²) in [5.74, 6) is 0. The van der Waals surface area contributed by atoms with Crippen LogP contribution in [-0.2, 0) is 6.54 Å². The minimum absolute atomic E-state index is 0.444. The molecule has 0 atom stereocenters. The molecule has 0 aliphatic heterocycles. The molecule has 20 heavy (non-hydrogen) atoms. The molecule has 0 saturated heterocycles. The summed E-state index contributed by atoms with van der Waals surface area (Å²) >= 11 is 18.5. The molecule has 0 fully saturated rings. The van der Waals surface area contributed by atoms with Gasteiger partial charge in [0.25, 0.3) is 0 Å². The lowest BCUT2D eigenvalue weighted by atomic mass is 10.0. The first-order valence-corrected chi connectivity index (χ1v) is 7.58. The van der Waals surface area contributed by atoms with Gasteiger partial charge in [-0.05, 0) is 23.8 Å². The van der Waals surface area contributed by atoms with Crippen molar-refractivity contribution >= 4 is 34.8 Å². The van der Waals surface area contributed by atoms with Gasteiger partial charge in [-0.3, -0.25) is 0 Å². The van der Waals surface area contributed by atoms with Crippen LogP contribution in [0.15, 0.2) is 36.4 Å². The molecule has 2 rings (SSSR count). The lowest BCUT2D eigenvalue weighted by Crippen LogP contribution is -2.21. The van der Waals surface area contributed by atoms with Crippen LogP contribution < -0.4 is 5.32 Å². The standard InChI is InChI=1S/C16H16Cl3N/c1-10(2)20-9-11-3-5-13(15(18)7-11)14-6-4-12(17)8-16(14)19/h3-8,10,20H,9H2,1-2H3. The first kappa shape index (κ1) is 15.7. The molecule has 0 spiro atoms. The normalized spacial score (nSPS) is 11.1. The van der Waals surface area contributed by atoms with E-state index in [-0.39, 0.29) is 0 Å². The van der Waals surface area contributed by atoms with Gasteiger partial charge in [-0.25, -0.2) is 0 Å². The predicted octanol–water partition coefficient (Wildman–Crippen LogP) is 5.81. The molecule has 0 amide bonds. The number of rotatable bonds is 4. The quantitative estimate of drug-likeness (QED) is 0.746. The molecule has 0 saturated carbocycles. The molecule has 1 N–H and O–H groups in total. The van der Waals surface area contributed by atoms with Crippen molar-refractivity contribution in [2.45, 2.75) is 26.4 Å². The number of hydrogen-bond acceptors (Lipinski definition) is 1. The fraction of sp³-hybridized carbons (Fsp3) is 0.250. The molecule has 4 heteroatoms. The van der Waals surface area contributed by atoms with Gasteiger partial charge >= 0.3 is 0 Å². The molecule has 0 aliphatic carbocycles. The first-order chi connectivity index (χ1) is 9.47. The number of halogens is 3. The summed E-state index contributed by atoms with van der Waals surface area (Å²) < 4.78 is 0. The van der Waals surface area contributed by atoms with Gasteiger partial charge in [-0.2, -0.15) is 0 Å². The van der Waals surface area contributed by atoms with Crippen molar-refractivity contribution < 1.29 is 0 Å². The Morgan fingerprint density at radius 2 is 1.50 bits per heavy atom. The third-order valence-corrected chi connectivity index (χ3v) is 3.83. The van der Waals surface area contributed by atoms with Gasteiger partial charge < -0.3 is 5.32 Å². The summed E-state index contributed by atoms with van der Waals surface area (Å²) in [6.45, 7) is 5.03. The van der Waals surface area contributed by atoms with Crippen molar-refractivity contribution in [1.82, 2.24) is 5.32 Å². The highest BCUT2D eigenvalue weighted by Crippen LogP contribution is 2.35. The van der Waals surface area contributed by atoms with E-state index in [9.17, 15) is 0 Å². The Hall–Kier alpha value is -0.730. The maximum atomic E-state index is 6.37. The zero-order valence-corrected chi connectivity index (χ0v) is 13.7. The molecule has 0 aromatic heterocycles. The van der Waals surface area contributed by atoms with Crippen LogP contribution in [0, 0.1) is 0 Å². The van der Waals surface area contributed by atoms with Crippen molar-refractivity contribution in [2.24, 2.45) is 0 Å². The van der Waals surface area contributed by atoms with Crippen LogP contribution >= 0.6 is 34.8 Å². The molecule has 106 valence electrons. The van der Waals surface area contributed by atoms with Crippen LogP contribution in [0.25, 0.3) is 11.1 Å². The molecule has 1 nitrogen and oxygen atoms in total. The zero-order valence-electron chi connectivity index (χ0n) is 11.4. The maximum Gasteiger partial charge on any atom is 0.0499 e. The predicted molar refractivity (Wildman–Crippen MR) is 88.9 cm³/mol. The Morgan fingerprint density at radius 1 is 0.900 bits per heavy atom. The molecular weight excluding hydrogens is 313 g/mol. The minimum Gasteiger partial charge on any atom is -0.310 e. The van der Waals surface area contributed by atoms with E-state index in [1.165, 1.54) is 0 Å². The van der Waals surface area contributed by atoms with E-state index in [4.69, 9.17) is 34.8 Å². The number of hydrogen-bond donors (Lipinski definition) is 1. The van der Waals surface area contributed by atoms with Gasteiger partial charge in [-0.1, -0.05) is 66.8 Å². The van der Waals surface area contributed by atoms with E-state index in [1.807, 2.05) is 24.3 Å². The van der Waals surface area contributed by atoms with Crippen molar-refractivity contribution in [2.75, 3.05) is 0 Å². The van der Waals surface area contributed by atoms with Crippen molar-refractivity contribution in [3.8, 4) is 11.1 Å². The topological polar surface area (TPSA) is 12.0 Å². The monoisotopic (exact) mass is 327 g/mol. The van der Waals surface area contributed by atoms with E-state index in [0.29, 0.717) is 21.1 Å². The molecule has 0 heterocycles. The Kier molecular flexibility index (Phi) is 5.34. The highest BCUT2D eigenvalue weighted by molar-refractivity contribution is 6.38. The Labute approximate surface area is 134 Å². The fourth-order valence-corrected chi connectivity index (χ4v) is 2.73. The van der Waals surface area contributed by atoms with Crippen LogP contribution in [0.2, 0.25) is 15.1 Å². The highest BCUT2D eigenvalue weighted by Gasteiger charge is 2.09. The fourth-order valence-electron chi connectivity index (χ4n) is 1.92. The molecule has 0 radical (unpaired) electrons. The third kappa shape index (κ3) is 3.89. The van der Waals surface area contributed by atoms with Crippen molar-refractivity contribution in [3.05, 3.63) is 57.0 Å². The smallest absolute Gasteiger partial charge is 0.0499 e. The van der Waals surface area contributed by atoms with E-state index >= 15 is 0 Å². The summed E-state index contributed by atoms with van der Waals surface area (Å²) in [5.41, 5.74) is 2.96. The second-order valence-corrected chi connectivity index (χ2v) is 6.22. The van der Waals surface area contributed by atoms with Crippen molar-refractivity contribution in [1.29, 1.82) is 0 Å². The van der Waals surface area contributed by atoms with Crippen LogP contribution in [-0.4, -0.2) is 6.04 Å². The molecule has 2 aromatic rings. The van der Waals surface area contributed by atoms with Gasteiger partial charge in [0.2, 0.25) is 0 Å². The van der Waals surface area contributed by atoms with E-state index in [1.54, 1.807) is 6.07 Å². The second-order valence-electron chi connectivity index (χ2n) is 4.97. The SMILES string of the molecule is CC(C)NCc1ccc(-c2ccc(Cl)cc2Cl)c(Cl)c1. The van der Waals surface area contributed by atoms with Gasteiger partial charge in [0, 0.05) is 38.8 Å². The Bertz CT molecular complexity index is 609.